The largest absolute Gasteiger partial charge is 0.0622 e. The predicted octanol–water partition coefficient (Wildman–Crippen LogP) is 4.52. The van der Waals surface area contributed by atoms with Crippen LogP contribution >= 0.6 is 23.9 Å². The summed E-state index contributed by atoms with van der Waals surface area (Å²) in [5.74, 6) is 0. The van der Waals surface area contributed by atoms with Gasteiger partial charge in [-0.15, -0.1) is 0 Å². The molecule has 2 heteroatoms. The lowest BCUT2D eigenvalue weighted by Gasteiger charge is -2.20. The molecule has 0 amide bonds. The van der Waals surface area contributed by atoms with E-state index in [1.165, 1.54) is 21.5 Å². The highest BCUT2D eigenvalue weighted by Crippen LogP contribution is 2.33. The molecule has 21 heavy (non-hydrogen) atoms. The highest BCUT2D eigenvalue weighted by molar-refractivity contribution is 9.10. The molecule has 0 nitrogen and oxygen atoms in total. The number of aryl methyl sites for hydroxylation is 1. The third kappa shape index (κ3) is 3.43. The average Bonchev–Trinajstić information content (AvgIpc) is 2.49. The smallest absolute Gasteiger partial charge is 0.0184 e. The molecule has 0 aliphatic heterocycles. The van der Waals surface area contributed by atoms with E-state index in [1.807, 2.05) is 0 Å². The van der Waals surface area contributed by atoms with Crippen LogP contribution in [0.25, 0.3) is 0 Å². The second kappa shape index (κ2) is 6.56. The summed E-state index contributed by atoms with van der Waals surface area (Å²) in [5, 5.41) is 4.15. The van der Waals surface area contributed by atoms with Gasteiger partial charge in [0.25, 0.3) is 0 Å². The van der Waals surface area contributed by atoms with Crippen molar-refractivity contribution in [3.63, 3.8) is 0 Å². The summed E-state index contributed by atoms with van der Waals surface area (Å²) in [6, 6.07) is 28.3. The van der Waals surface area contributed by atoms with Crippen LogP contribution in [0, 0.1) is 6.92 Å². The van der Waals surface area contributed by atoms with E-state index in [-0.39, 0.29) is 0 Å². The number of hydrogen-bond acceptors (Lipinski definition) is 0. The number of benzene rings is 3. The van der Waals surface area contributed by atoms with E-state index in [0.717, 1.165) is 4.47 Å². The molecular weight excluding hydrogens is 339 g/mol. The predicted molar refractivity (Wildman–Crippen MR) is 97.6 cm³/mol. The van der Waals surface area contributed by atoms with Gasteiger partial charge in [-0.2, -0.15) is 0 Å². The second-order valence-electron chi connectivity index (χ2n) is 4.99. The van der Waals surface area contributed by atoms with Crippen LogP contribution in [-0.4, -0.2) is 0 Å². The summed E-state index contributed by atoms with van der Waals surface area (Å²) in [4.78, 5) is 0. The minimum atomic E-state index is -0.508. The molecule has 0 aromatic heterocycles. The van der Waals surface area contributed by atoms with E-state index in [9.17, 15) is 0 Å². The first-order valence-corrected chi connectivity index (χ1v) is 9.05. The van der Waals surface area contributed by atoms with Gasteiger partial charge in [0.2, 0.25) is 0 Å². The molecule has 0 saturated heterocycles. The van der Waals surface area contributed by atoms with Gasteiger partial charge in [-0.1, -0.05) is 82.7 Å². The second-order valence-corrected chi connectivity index (χ2v) is 8.13. The van der Waals surface area contributed by atoms with E-state index in [1.54, 1.807) is 0 Å². The summed E-state index contributed by atoms with van der Waals surface area (Å²) in [7, 11) is -0.508. The molecule has 0 aliphatic carbocycles. The van der Waals surface area contributed by atoms with E-state index in [2.05, 4.69) is 102 Å². The van der Waals surface area contributed by atoms with Crippen molar-refractivity contribution in [1.82, 2.24) is 0 Å². The zero-order valence-electron chi connectivity index (χ0n) is 11.8. The Labute approximate surface area is 135 Å². The first kappa shape index (κ1) is 14.5. The lowest BCUT2D eigenvalue weighted by atomic mass is 10.2. The Morgan fingerprint density at radius 2 is 1.19 bits per heavy atom. The van der Waals surface area contributed by atoms with E-state index >= 15 is 0 Å². The van der Waals surface area contributed by atoms with Crippen molar-refractivity contribution in [2.24, 2.45) is 0 Å². The maximum atomic E-state index is 3.64. The molecule has 3 aromatic rings. The van der Waals surface area contributed by atoms with Crippen LogP contribution in [0.3, 0.4) is 0 Å². The van der Waals surface area contributed by atoms with Gasteiger partial charge in [0.05, 0.1) is 0 Å². The van der Waals surface area contributed by atoms with Gasteiger partial charge in [0.1, 0.15) is 0 Å². The summed E-state index contributed by atoms with van der Waals surface area (Å²) in [6.07, 6.45) is 0. The summed E-state index contributed by atoms with van der Waals surface area (Å²) in [5.41, 5.74) is 1.29. The average molecular weight is 355 g/mol. The standard InChI is InChI=1S/C19H16BrP/c1-15-12-16(20)14-19(13-15)21(17-8-4-2-5-9-17)18-10-6-3-7-11-18/h2-14H,1H3. The van der Waals surface area contributed by atoms with Crippen LogP contribution in [0.5, 0.6) is 0 Å². The molecule has 104 valence electrons. The fourth-order valence-corrected chi connectivity index (χ4v) is 5.67. The molecule has 0 fully saturated rings. The Bertz CT molecular complexity index is 663. The van der Waals surface area contributed by atoms with Crippen molar-refractivity contribution in [3.05, 3.63) is 88.9 Å². The van der Waals surface area contributed by atoms with Crippen LogP contribution in [-0.2, 0) is 0 Å². The molecule has 3 aromatic carbocycles. The molecule has 0 atom stereocenters. The molecule has 0 unspecified atom stereocenters. The summed E-state index contributed by atoms with van der Waals surface area (Å²) >= 11 is 3.64. The van der Waals surface area contributed by atoms with Crippen LogP contribution in [0.15, 0.2) is 83.3 Å². The van der Waals surface area contributed by atoms with Gasteiger partial charge in [0, 0.05) is 4.47 Å². The molecule has 0 bridgehead atoms. The monoisotopic (exact) mass is 354 g/mol. The maximum Gasteiger partial charge on any atom is 0.0184 e. The first-order valence-electron chi connectivity index (χ1n) is 6.91. The van der Waals surface area contributed by atoms with Crippen LogP contribution in [0.2, 0.25) is 0 Å². The summed E-state index contributed by atoms with van der Waals surface area (Å²) in [6.45, 7) is 2.15. The Morgan fingerprint density at radius 3 is 1.67 bits per heavy atom. The molecule has 0 spiro atoms. The third-order valence-corrected chi connectivity index (χ3v) is 6.18. The minimum Gasteiger partial charge on any atom is -0.0622 e. The quantitative estimate of drug-likeness (QED) is 0.606. The van der Waals surface area contributed by atoms with Gasteiger partial charge in [-0.3, -0.25) is 0 Å². The Kier molecular flexibility index (Phi) is 4.53. The fourth-order valence-electron chi connectivity index (χ4n) is 2.45. The Morgan fingerprint density at radius 1 is 0.667 bits per heavy atom. The lowest BCUT2D eigenvalue weighted by molar-refractivity contribution is 1.47. The maximum absolute atomic E-state index is 3.64. The Balaban J connectivity index is 2.17. The molecule has 3 rings (SSSR count). The third-order valence-electron chi connectivity index (χ3n) is 3.31. The topological polar surface area (TPSA) is 0 Å². The van der Waals surface area contributed by atoms with Gasteiger partial charge in [0.15, 0.2) is 0 Å². The van der Waals surface area contributed by atoms with Crippen LogP contribution < -0.4 is 15.9 Å². The van der Waals surface area contributed by atoms with Crippen molar-refractivity contribution < 1.29 is 0 Å². The molecular formula is C19H16BrP. The first-order chi connectivity index (χ1) is 10.2. The van der Waals surface area contributed by atoms with Gasteiger partial charge in [-0.25, -0.2) is 0 Å². The summed E-state index contributed by atoms with van der Waals surface area (Å²) < 4.78 is 1.15. The van der Waals surface area contributed by atoms with E-state index in [4.69, 9.17) is 0 Å². The van der Waals surface area contributed by atoms with Crippen LogP contribution in [0.1, 0.15) is 5.56 Å². The highest BCUT2D eigenvalue weighted by atomic mass is 79.9. The SMILES string of the molecule is Cc1cc(Br)cc(P(c2ccccc2)c2ccccc2)c1. The molecule has 0 saturated carbocycles. The minimum absolute atomic E-state index is 0.508. The molecule has 0 heterocycles. The van der Waals surface area contributed by atoms with E-state index < -0.39 is 7.92 Å². The Hall–Kier alpha value is -1.43. The molecule has 0 N–H and O–H groups in total. The van der Waals surface area contributed by atoms with Crippen molar-refractivity contribution in [3.8, 4) is 0 Å². The van der Waals surface area contributed by atoms with Crippen molar-refractivity contribution >= 4 is 39.8 Å². The van der Waals surface area contributed by atoms with Gasteiger partial charge in [-0.05, 0) is 48.5 Å². The zero-order valence-corrected chi connectivity index (χ0v) is 14.3. The normalized spacial score (nSPS) is 10.8. The molecule has 0 radical (unpaired) electrons. The van der Waals surface area contributed by atoms with Crippen LogP contribution in [0.4, 0.5) is 0 Å². The van der Waals surface area contributed by atoms with Crippen molar-refractivity contribution in [2.45, 2.75) is 6.92 Å². The lowest BCUT2D eigenvalue weighted by Crippen LogP contribution is -2.20. The fraction of sp³-hybridized carbons (Fsp3) is 0.0526. The van der Waals surface area contributed by atoms with Crippen molar-refractivity contribution in [1.29, 1.82) is 0 Å². The molecule has 0 aliphatic rings. The number of hydrogen-bond donors (Lipinski definition) is 0. The highest BCUT2D eigenvalue weighted by Gasteiger charge is 2.16. The number of halogens is 1. The van der Waals surface area contributed by atoms with Gasteiger partial charge < -0.3 is 0 Å². The van der Waals surface area contributed by atoms with Gasteiger partial charge >= 0.3 is 0 Å². The van der Waals surface area contributed by atoms with E-state index in [0.29, 0.717) is 0 Å². The van der Waals surface area contributed by atoms with Crippen molar-refractivity contribution in [2.75, 3.05) is 0 Å². The zero-order chi connectivity index (χ0) is 14.7. The number of rotatable bonds is 3.